The zero-order valence-corrected chi connectivity index (χ0v) is 16.2. The van der Waals surface area contributed by atoms with Crippen LogP contribution in [0.1, 0.15) is 25.0 Å². The second kappa shape index (κ2) is 6.55. The maximum atomic E-state index is 7.94. The monoisotopic (exact) mass is 355 g/mol. The van der Waals surface area contributed by atoms with E-state index in [4.69, 9.17) is 11.0 Å². The average Bonchev–Trinajstić information content (AvgIpc) is 3.00. The molecule has 0 unspecified atom stereocenters. The van der Waals surface area contributed by atoms with Gasteiger partial charge in [-0.3, -0.25) is 0 Å². The van der Waals surface area contributed by atoms with Gasteiger partial charge in [0.2, 0.25) is 11.4 Å². The summed E-state index contributed by atoms with van der Waals surface area (Å²) in [5, 5.41) is 1.96. The maximum absolute atomic E-state index is 7.94. The Hall–Kier alpha value is -3.12. The summed E-state index contributed by atoms with van der Waals surface area (Å²) in [6, 6.07) is 14.4. The molecule has 3 heteroatoms. The molecule has 2 heterocycles. The molecule has 0 saturated heterocycles. The molecule has 0 radical (unpaired) electrons. The summed E-state index contributed by atoms with van der Waals surface area (Å²) < 4.78 is 8.34. The number of fused-ring (bicyclic) bond motifs is 3. The summed E-state index contributed by atoms with van der Waals surface area (Å²) in [4.78, 5) is 3.97. The van der Waals surface area contributed by atoms with Gasteiger partial charge in [-0.15, -0.1) is 0 Å². The highest BCUT2D eigenvalue weighted by atomic mass is 16.3. The molecule has 0 aliphatic rings. The molecule has 0 bridgehead atoms. The molecule has 0 N–H and O–H groups in total. The fourth-order valence-corrected chi connectivity index (χ4v) is 3.94. The maximum Gasteiger partial charge on any atom is 0.212 e. The van der Waals surface area contributed by atoms with Crippen molar-refractivity contribution in [1.29, 1.82) is 0 Å². The number of hydrogen-bond donors (Lipinski definition) is 0. The standard InChI is InChI=1S/C24H23N2O/c1-15(2)13-17-9-8-10-18-22-20(27-24(17)18)14-16(3)21(23(22)25-4)19-11-6-7-12-26(19)5/h6-12,14-15H,13H2,1-3,5H3/q+1. The lowest BCUT2D eigenvalue weighted by Crippen LogP contribution is -2.30. The second-order valence-electron chi connectivity index (χ2n) is 7.59. The second-order valence-corrected chi connectivity index (χ2v) is 7.59. The highest BCUT2D eigenvalue weighted by Crippen LogP contribution is 2.44. The van der Waals surface area contributed by atoms with Crippen molar-refractivity contribution < 1.29 is 8.98 Å². The van der Waals surface area contributed by atoms with Gasteiger partial charge in [0, 0.05) is 22.9 Å². The van der Waals surface area contributed by atoms with Crippen molar-refractivity contribution in [2.45, 2.75) is 27.2 Å². The van der Waals surface area contributed by atoms with Crippen molar-refractivity contribution >= 4 is 27.6 Å². The van der Waals surface area contributed by atoms with E-state index in [9.17, 15) is 0 Å². The molecule has 0 aliphatic carbocycles. The van der Waals surface area contributed by atoms with Gasteiger partial charge in [0.1, 0.15) is 18.2 Å². The first kappa shape index (κ1) is 17.3. The van der Waals surface area contributed by atoms with E-state index in [1.54, 1.807) is 0 Å². The molecule has 0 amide bonds. The fourth-order valence-electron chi connectivity index (χ4n) is 3.94. The minimum absolute atomic E-state index is 0.546. The minimum Gasteiger partial charge on any atom is -0.457 e. The van der Waals surface area contributed by atoms with Crippen molar-refractivity contribution in [3.8, 4) is 11.3 Å². The first-order valence-electron chi connectivity index (χ1n) is 9.31. The van der Waals surface area contributed by atoms with E-state index in [1.807, 2.05) is 25.4 Å². The van der Waals surface area contributed by atoms with Crippen molar-refractivity contribution in [3.05, 3.63) is 71.2 Å². The highest BCUT2D eigenvalue weighted by Gasteiger charge is 2.23. The van der Waals surface area contributed by atoms with Crippen LogP contribution in [0.5, 0.6) is 0 Å². The van der Waals surface area contributed by atoms with E-state index in [1.165, 1.54) is 5.56 Å². The number of aryl methyl sites for hydroxylation is 2. The summed E-state index contributed by atoms with van der Waals surface area (Å²) in [6.07, 6.45) is 2.98. The molecule has 3 nitrogen and oxygen atoms in total. The zero-order chi connectivity index (χ0) is 19.1. The predicted octanol–water partition coefficient (Wildman–Crippen LogP) is 6.14. The van der Waals surface area contributed by atoms with E-state index in [-0.39, 0.29) is 0 Å². The number of nitrogens with zero attached hydrogens (tertiary/aromatic N) is 2. The molecule has 0 saturated carbocycles. The SMILES string of the molecule is [C-]#[N+]c1c(-c2cccc[n+]2C)c(C)cc2oc3c(CC(C)C)cccc3c12. The van der Waals surface area contributed by atoms with Gasteiger partial charge in [0.05, 0.1) is 12.1 Å². The lowest BCUT2D eigenvalue weighted by Gasteiger charge is -2.08. The molecule has 27 heavy (non-hydrogen) atoms. The smallest absolute Gasteiger partial charge is 0.212 e. The van der Waals surface area contributed by atoms with Crippen molar-refractivity contribution in [2.24, 2.45) is 13.0 Å². The topological polar surface area (TPSA) is 21.4 Å². The molecule has 2 aromatic carbocycles. The summed E-state index contributed by atoms with van der Waals surface area (Å²) in [6.45, 7) is 14.4. The van der Waals surface area contributed by atoms with E-state index in [0.29, 0.717) is 11.6 Å². The first-order valence-corrected chi connectivity index (χ1v) is 9.31. The number of hydrogen-bond acceptors (Lipinski definition) is 1. The zero-order valence-electron chi connectivity index (χ0n) is 16.2. The van der Waals surface area contributed by atoms with E-state index in [0.717, 1.165) is 45.2 Å². The van der Waals surface area contributed by atoms with E-state index >= 15 is 0 Å². The Morgan fingerprint density at radius 1 is 1.15 bits per heavy atom. The first-order chi connectivity index (χ1) is 13.0. The Balaban J connectivity index is 2.12. The van der Waals surface area contributed by atoms with Crippen LogP contribution in [0.2, 0.25) is 0 Å². The van der Waals surface area contributed by atoms with Crippen LogP contribution in [-0.2, 0) is 13.5 Å². The summed E-state index contributed by atoms with van der Waals surface area (Å²) in [5.74, 6) is 0.546. The van der Waals surface area contributed by atoms with Crippen LogP contribution < -0.4 is 4.57 Å². The van der Waals surface area contributed by atoms with Gasteiger partial charge < -0.3 is 4.42 Å². The number of aromatic nitrogens is 1. The molecule has 4 rings (SSSR count). The number of furan rings is 1. The van der Waals surface area contributed by atoms with Crippen LogP contribution in [0.4, 0.5) is 5.69 Å². The third kappa shape index (κ3) is 2.78. The fraction of sp³-hybridized carbons (Fsp3) is 0.250. The Bertz CT molecular complexity index is 1210. The van der Waals surface area contributed by atoms with Crippen molar-refractivity contribution in [2.75, 3.05) is 0 Å². The van der Waals surface area contributed by atoms with E-state index < -0.39 is 0 Å². The third-order valence-corrected chi connectivity index (χ3v) is 5.09. The third-order valence-electron chi connectivity index (χ3n) is 5.09. The highest BCUT2D eigenvalue weighted by molar-refractivity contribution is 6.16. The number of rotatable bonds is 3. The molecule has 134 valence electrons. The Labute approximate surface area is 159 Å². The summed E-state index contributed by atoms with van der Waals surface area (Å²) in [7, 11) is 2.01. The van der Waals surface area contributed by atoms with Gasteiger partial charge in [-0.1, -0.05) is 32.0 Å². The lowest BCUT2D eigenvalue weighted by atomic mass is 9.96. The minimum atomic E-state index is 0.546. The van der Waals surface area contributed by atoms with Gasteiger partial charge in [-0.05, 0) is 42.5 Å². The van der Waals surface area contributed by atoms with Gasteiger partial charge in [0.25, 0.3) is 0 Å². The van der Waals surface area contributed by atoms with Gasteiger partial charge in [-0.25, -0.2) is 9.41 Å². The average molecular weight is 355 g/mol. The molecule has 2 aromatic heterocycles. The number of para-hydroxylation sites is 1. The molecule has 0 spiro atoms. The molecule has 0 atom stereocenters. The van der Waals surface area contributed by atoms with Crippen LogP contribution in [0.3, 0.4) is 0 Å². The number of pyridine rings is 1. The van der Waals surface area contributed by atoms with Gasteiger partial charge in [0.15, 0.2) is 6.20 Å². The largest absolute Gasteiger partial charge is 0.457 e. The molecular formula is C24H23N2O+. The van der Waals surface area contributed by atoms with Crippen LogP contribution in [0, 0.1) is 19.4 Å². The van der Waals surface area contributed by atoms with Gasteiger partial charge >= 0.3 is 0 Å². The normalized spacial score (nSPS) is 11.4. The lowest BCUT2D eigenvalue weighted by molar-refractivity contribution is -0.660. The Morgan fingerprint density at radius 3 is 2.67 bits per heavy atom. The van der Waals surface area contributed by atoms with Gasteiger partial charge in [-0.2, -0.15) is 0 Å². The molecular weight excluding hydrogens is 332 g/mol. The van der Waals surface area contributed by atoms with Crippen LogP contribution >= 0.6 is 0 Å². The summed E-state index contributed by atoms with van der Waals surface area (Å²) >= 11 is 0. The summed E-state index contributed by atoms with van der Waals surface area (Å²) in [5.41, 5.74) is 6.67. The number of benzene rings is 2. The Kier molecular flexibility index (Phi) is 4.20. The van der Waals surface area contributed by atoms with Crippen LogP contribution in [0.15, 0.2) is 53.1 Å². The van der Waals surface area contributed by atoms with E-state index in [2.05, 4.69) is 60.5 Å². The molecule has 0 fully saturated rings. The predicted molar refractivity (Wildman–Crippen MR) is 110 cm³/mol. The van der Waals surface area contributed by atoms with Crippen LogP contribution in [-0.4, -0.2) is 0 Å². The quantitative estimate of drug-likeness (QED) is 0.320. The van der Waals surface area contributed by atoms with Crippen molar-refractivity contribution in [1.82, 2.24) is 0 Å². The Morgan fingerprint density at radius 2 is 1.96 bits per heavy atom. The van der Waals surface area contributed by atoms with Crippen LogP contribution in [0.25, 0.3) is 38.0 Å². The molecule has 4 aromatic rings. The molecule has 0 aliphatic heterocycles. The van der Waals surface area contributed by atoms with Crippen molar-refractivity contribution in [3.63, 3.8) is 0 Å².